The third-order valence-corrected chi connectivity index (χ3v) is 3.65. The molecule has 0 aromatic heterocycles. The summed E-state index contributed by atoms with van der Waals surface area (Å²) in [5.41, 5.74) is 6.12. The molecule has 0 spiro atoms. The smallest absolute Gasteiger partial charge is 0.128 e. The summed E-state index contributed by atoms with van der Waals surface area (Å²) in [5, 5.41) is 0. The molecule has 0 bridgehead atoms. The van der Waals surface area contributed by atoms with E-state index in [0.717, 1.165) is 22.4 Å². The lowest BCUT2D eigenvalue weighted by Crippen LogP contribution is -2.31. The van der Waals surface area contributed by atoms with Crippen molar-refractivity contribution in [1.82, 2.24) is 5.43 Å². The van der Waals surface area contributed by atoms with Gasteiger partial charge in [-0.2, -0.15) is 0 Å². The van der Waals surface area contributed by atoms with Crippen LogP contribution in [0.25, 0.3) is 0 Å². The molecule has 21 heavy (non-hydrogen) atoms. The van der Waals surface area contributed by atoms with Gasteiger partial charge in [0.2, 0.25) is 0 Å². The Kier molecular flexibility index (Phi) is 4.94. The Morgan fingerprint density at radius 1 is 1.24 bits per heavy atom. The van der Waals surface area contributed by atoms with Crippen LogP contribution in [0.2, 0.25) is 0 Å². The number of hydrogen-bond acceptors (Lipinski definition) is 3. The Morgan fingerprint density at radius 3 is 2.57 bits per heavy atom. The zero-order valence-electron chi connectivity index (χ0n) is 12.6. The van der Waals surface area contributed by atoms with Crippen LogP contribution >= 0.6 is 0 Å². The third-order valence-electron chi connectivity index (χ3n) is 3.65. The summed E-state index contributed by atoms with van der Waals surface area (Å²) in [5.74, 6) is 6.21. The summed E-state index contributed by atoms with van der Waals surface area (Å²) in [4.78, 5) is 0. The number of halogens is 1. The van der Waals surface area contributed by atoms with Gasteiger partial charge >= 0.3 is 0 Å². The second-order valence-corrected chi connectivity index (χ2v) is 5.21. The molecule has 0 saturated heterocycles. The van der Waals surface area contributed by atoms with E-state index in [-0.39, 0.29) is 11.9 Å². The molecule has 1 unspecified atom stereocenters. The minimum absolute atomic E-state index is 0.231. The standard InChI is InChI=1S/C17H21FN2O/c1-11-8-12(2)17(14(18)9-11)15(20-19)10-13-6-4-5-7-16(13)21-3/h4-9,15,20H,10,19H2,1-3H3. The predicted molar refractivity (Wildman–Crippen MR) is 82.6 cm³/mol. The summed E-state index contributed by atoms with van der Waals surface area (Å²) in [7, 11) is 1.63. The zero-order valence-corrected chi connectivity index (χ0v) is 12.6. The van der Waals surface area contributed by atoms with Crippen LogP contribution in [0.1, 0.15) is 28.3 Å². The maximum absolute atomic E-state index is 14.3. The van der Waals surface area contributed by atoms with Gasteiger partial charge in [-0.05, 0) is 49.1 Å². The average molecular weight is 288 g/mol. The first-order valence-corrected chi connectivity index (χ1v) is 6.91. The maximum Gasteiger partial charge on any atom is 0.128 e. The number of nitrogens with two attached hydrogens (primary N) is 1. The van der Waals surface area contributed by atoms with Crippen molar-refractivity contribution in [2.45, 2.75) is 26.3 Å². The monoisotopic (exact) mass is 288 g/mol. The minimum atomic E-state index is -0.304. The highest BCUT2D eigenvalue weighted by atomic mass is 19.1. The number of rotatable bonds is 5. The van der Waals surface area contributed by atoms with Crippen LogP contribution in [0.5, 0.6) is 5.75 Å². The first-order valence-electron chi connectivity index (χ1n) is 6.91. The molecule has 1 atom stereocenters. The average Bonchev–Trinajstić information content (AvgIpc) is 2.45. The van der Waals surface area contributed by atoms with Crippen molar-refractivity contribution in [2.75, 3.05) is 7.11 Å². The van der Waals surface area contributed by atoms with Gasteiger partial charge in [-0.15, -0.1) is 0 Å². The molecule has 2 aromatic rings. The van der Waals surface area contributed by atoms with Gasteiger partial charge in [-0.3, -0.25) is 11.3 Å². The van der Waals surface area contributed by atoms with Crippen LogP contribution in [-0.2, 0) is 6.42 Å². The lowest BCUT2D eigenvalue weighted by molar-refractivity contribution is 0.404. The molecule has 4 heteroatoms. The molecule has 0 amide bonds. The fourth-order valence-electron chi connectivity index (χ4n) is 2.70. The van der Waals surface area contributed by atoms with Crippen molar-refractivity contribution in [3.8, 4) is 5.75 Å². The molecule has 0 aliphatic rings. The van der Waals surface area contributed by atoms with Crippen molar-refractivity contribution >= 4 is 0 Å². The third kappa shape index (κ3) is 3.40. The van der Waals surface area contributed by atoms with E-state index in [1.54, 1.807) is 7.11 Å². The van der Waals surface area contributed by atoms with Crippen LogP contribution in [-0.4, -0.2) is 7.11 Å². The van der Waals surface area contributed by atoms with Crippen molar-refractivity contribution in [3.05, 3.63) is 64.5 Å². The highest BCUT2D eigenvalue weighted by molar-refractivity contribution is 5.38. The second-order valence-electron chi connectivity index (χ2n) is 5.21. The molecular weight excluding hydrogens is 267 g/mol. The van der Waals surface area contributed by atoms with E-state index in [1.165, 1.54) is 6.07 Å². The Labute approximate surface area is 124 Å². The normalized spacial score (nSPS) is 12.2. The number of hydrogen-bond donors (Lipinski definition) is 2. The van der Waals surface area contributed by atoms with Crippen LogP contribution in [0.4, 0.5) is 4.39 Å². The van der Waals surface area contributed by atoms with E-state index in [1.807, 2.05) is 44.2 Å². The first-order chi connectivity index (χ1) is 10.1. The lowest BCUT2D eigenvalue weighted by Gasteiger charge is -2.21. The maximum atomic E-state index is 14.3. The molecule has 2 aromatic carbocycles. The van der Waals surface area contributed by atoms with Gasteiger partial charge in [0, 0.05) is 5.56 Å². The van der Waals surface area contributed by atoms with E-state index in [2.05, 4.69) is 5.43 Å². The number of hydrazine groups is 1. The summed E-state index contributed by atoms with van der Waals surface area (Å²) < 4.78 is 19.7. The van der Waals surface area contributed by atoms with Gasteiger partial charge in [0.05, 0.1) is 13.2 Å². The molecule has 0 heterocycles. The van der Waals surface area contributed by atoms with E-state index >= 15 is 0 Å². The molecule has 3 nitrogen and oxygen atoms in total. The summed E-state index contributed by atoms with van der Waals surface area (Å²) >= 11 is 0. The van der Waals surface area contributed by atoms with Gasteiger partial charge in [0.15, 0.2) is 0 Å². The predicted octanol–water partition coefficient (Wildman–Crippen LogP) is 3.20. The van der Waals surface area contributed by atoms with E-state index < -0.39 is 0 Å². The molecule has 0 radical (unpaired) electrons. The molecule has 2 rings (SSSR count). The largest absolute Gasteiger partial charge is 0.496 e. The highest BCUT2D eigenvalue weighted by Crippen LogP contribution is 2.28. The number of nitrogens with one attached hydrogen (secondary N) is 1. The van der Waals surface area contributed by atoms with Crippen LogP contribution in [0, 0.1) is 19.7 Å². The number of benzene rings is 2. The highest BCUT2D eigenvalue weighted by Gasteiger charge is 2.19. The van der Waals surface area contributed by atoms with Crippen molar-refractivity contribution < 1.29 is 9.13 Å². The van der Waals surface area contributed by atoms with Gasteiger partial charge in [-0.1, -0.05) is 24.3 Å². The fourth-order valence-corrected chi connectivity index (χ4v) is 2.70. The second kappa shape index (κ2) is 6.70. The SMILES string of the molecule is COc1ccccc1CC(NN)c1c(C)cc(C)cc1F. The van der Waals surface area contributed by atoms with Gasteiger partial charge in [-0.25, -0.2) is 4.39 Å². The fraction of sp³-hybridized carbons (Fsp3) is 0.294. The summed E-state index contributed by atoms with van der Waals surface area (Å²) in [6, 6.07) is 10.9. The van der Waals surface area contributed by atoms with Crippen molar-refractivity contribution in [3.63, 3.8) is 0 Å². The number of methoxy groups -OCH3 is 1. The van der Waals surface area contributed by atoms with Crippen molar-refractivity contribution in [1.29, 1.82) is 0 Å². The molecule has 0 fully saturated rings. The van der Waals surface area contributed by atoms with Crippen LogP contribution in [0.3, 0.4) is 0 Å². The topological polar surface area (TPSA) is 47.3 Å². The van der Waals surface area contributed by atoms with E-state index in [9.17, 15) is 4.39 Å². The summed E-state index contributed by atoms with van der Waals surface area (Å²) in [6.07, 6.45) is 0.557. The van der Waals surface area contributed by atoms with Crippen molar-refractivity contribution in [2.24, 2.45) is 5.84 Å². The van der Waals surface area contributed by atoms with Gasteiger partial charge in [0.1, 0.15) is 11.6 Å². The van der Waals surface area contributed by atoms with Gasteiger partial charge < -0.3 is 4.74 Å². The van der Waals surface area contributed by atoms with Crippen LogP contribution < -0.4 is 16.0 Å². The van der Waals surface area contributed by atoms with E-state index in [0.29, 0.717) is 12.0 Å². The molecule has 0 saturated carbocycles. The Balaban J connectivity index is 2.37. The Bertz CT molecular complexity index is 605. The minimum Gasteiger partial charge on any atom is -0.496 e. The molecule has 3 N–H and O–H groups in total. The Morgan fingerprint density at radius 2 is 1.95 bits per heavy atom. The summed E-state index contributed by atoms with van der Waals surface area (Å²) in [6.45, 7) is 3.78. The van der Waals surface area contributed by atoms with E-state index in [4.69, 9.17) is 10.6 Å². The van der Waals surface area contributed by atoms with Gasteiger partial charge in [0.25, 0.3) is 0 Å². The lowest BCUT2D eigenvalue weighted by atomic mass is 9.93. The van der Waals surface area contributed by atoms with Crippen LogP contribution in [0.15, 0.2) is 36.4 Å². The number of ether oxygens (including phenoxy) is 1. The molecule has 0 aliphatic carbocycles. The number of aryl methyl sites for hydroxylation is 2. The molecule has 112 valence electrons. The Hall–Kier alpha value is -1.91. The number of para-hydroxylation sites is 1. The first kappa shape index (κ1) is 15.5. The molecule has 0 aliphatic heterocycles. The zero-order chi connectivity index (χ0) is 15.4. The quantitative estimate of drug-likeness (QED) is 0.656. The molecular formula is C17H21FN2O.